The van der Waals surface area contributed by atoms with Crippen molar-refractivity contribution in [1.29, 1.82) is 0 Å². The van der Waals surface area contributed by atoms with Crippen LogP contribution in [0.4, 0.5) is 0 Å². The number of benzene rings is 2. The normalized spacial score (nSPS) is 11.2. The summed E-state index contributed by atoms with van der Waals surface area (Å²) in [5.74, 6) is -0.735. The number of carbonyl (C=O) groups is 1. The van der Waals surface area contributed by atoms with Gasteiger partial charge >= 0.3 is 0 Å². The molecule has 0 bridgehead atoms. The zero-order valence-electron chi connectivity index (χ0n) is 10.7. The summed E-state index contributed by atoms with van der Waals surface area (Å²) in [5.41, 5.74) is 0.305. The number of sulfonamides is 1. The van der Waals surface area contributed by atoms with E-state index < -0.39 is 15.9 Å². The van der Waals surface area contributed by atoms with Gasteiger partial charge in [0, 0.05) is 10.7 Å². The molecular formula is C13H8I3NO4S. The van der Waals surface area contributed by atoms with E-state index in [-0.39, 0.29) is 10.6 Å². The summed E-state index contributed by atoms with van der Waals surface area (Å²) < 4.78 is 28.8. The Hall–Kier alpha value is -0.150. The van der Waals surface area contributed by atoms with Gasteiger partial charge in [-0.2, -0.15) is 0 Å². The van der Waals surface area contributed by atoms with E-state index >= 15 is 0 Å². The van der Waals surface area contributed by atoms with Gasteiger partial charge in [0.1, 0.15) is 5.75 Å². The average molecular weight is 655 g/mol. The number of nitrogens with one attached hydrogen (secondary N) is 1. The summed E-state index contributed by atoms with van der Waals surface area (Å²) in [6.45, 7) is 0. The molecule has 1 amide bonds. The lowest BCUT2D eigenvalue weighted by Gasteiger charge is -2.10. The van der Waals surface area contributed by atoms with Crippen LogP contribution in [0.3, 0.4) is 0 Å². The van der Waals surface area contributed by atoms with Gasteiger partial charge in [-0.05, 0) is 104 Å². The van der Waals surface area contributed by atoms with Gasteiger partial charge in [0.2, 0.25) is 0 Å². The standard InChI is InChI=1S/C13H8I3NO4S/c14-7-5-10(12(16)11(15)6-7)13(19)17-22(20,21)9-3-1-8(18)2-4-9/h1-6,18H,(H,17,19). The van der Waals surface area contributed by atoms with Crippen LogP contribution in [0.25, 0.3) is 0 Å². The van der Waals surface area contributed by atoms with Crippen molar-refractivity contribution in [1.82, 2.24) is 4.72 Å². The highest BCUT2D eigenvalue weighted by Gasteiger charge is 2.21. The van der Waals surface area contributed by atoms with Gasteiger partial charge in [0.25, 0.3) is 15.9 Å². The van der Waals surface area contributed by atoms with Crippen molar-refractivity contribution >= 4 is 83.7 Å². The molecule has 0 aromatic heterocycles. The van der Waals surface area contributed by atoms with Gasteiger partial charge < -0.3 is 5.11 Å². The number of phenols is 1. The molecular weight excluding hydrogens is 647 g/mol. The summed E-state index contributed by atoms with van der Waals surface area (Å²) in [4.78, 5) is 12.2. The van der Waals surface area contributed by atoms with Crippen LogP contribution in [0.5, 0.6) is 5.75 Å². The second-order valence-electron chi connectivity index (χ2n) is 4.18. The first-order valence-corrected chi connectivity index (χ1v) is 10.4. The minimum absolute atomic E-state index is 0.0491. The number of carbonyl (C=O) groups excluding carboxylic acids is 1. The molecule has 9 heteroatoms. The second kappa shape index (κ2) is 7.17. The van der Waals surface area contributed by atoms with Crippen molar-refractivity contribution in [3.05, 3.63) is 52.7 Å². The van der Waals surface area contributed by atoms with E-state index in [1.807, 2.05) is 33.4 Å². The van der Waals surface area contributed by atoms with E-state index in [1.54, 1.807) is 6.07 Å². The monoisotopic (exact) mass is 655 g/mol. The third kappa shape index (κ3) is 4.23. The molecule has 0 atom stereocenters. The van der Waals surface area contributed by atoms with Crippen LogP contribution in [0, 0.1) is 10.7 Å². The number of aromatic hydroxyl groups is 1. The molecule has 0 heterocycles. The van der Waals surface area contributed by atoms with Gasteiger partial charge in [0.15, 0.2) is 0 Å². The Morgan fingerprint density at radius 1 is 1.05 bits per heavy atom. The fourth-order valence-corrected chi connectivity index (χ4v) is 4.95. The quantitative estimate of drug-likeness (QED) is 0.393. The molecule has 0 unspecified atom stereocenters. The van der Waals surface area contributed by atoms with Crippen LogP contribution in [0.15, 0.2) is 41.3 Å². The van der Waals surface area contributed by atoms with Crippen molar-refractivity contribution < 1.29 is 18.3 Å². The Labute approximate surface area is 168 Å². The van der Waals surface area contributed by atoms with Crippen LogP contribution >= 0.6 is 67.8 Å². The SMILES string of the molecule is O=C(NS(=O)(=O)c1ccc(O)cc1)c1cc(I)cc(I)c1I. The zero-order valence-corrected chi connectivity index (χ0v) is 18.0. The van der Waals surface area contributed by atoms with Crippen LogP contribution in [-0.2, 0) is 10.0 Å². The highest BCUT2D eigenvalue weighted by Crippen LogP contribution is 2.23. The molecule has 0 radical (unpaired) electrons. The first-order valence-electron chi connectivity index (χ1n) is 5.71. The first-order chi connectivity index (χ1) is 10.2. The van der Waals surface area contributed by atoms with E-state index in [9.17, 15) is 18.3 Å². The van der Waals surface area contributed by atoms with E-state index in [2.05, 4.69) is 45.2 Å². The van der Waals surface area contributed by atoms with Crippen molar-refractivity contribution in [3.63, 3.8) is 0 Å². The van der Waals surface area contributed by atoms with Crippen molar-refractivity contribution in [2.45, 2.75) is 4.90 Å². The summed E-state index contributed by atoms with van der Waals surface area (Å²) in [5, 5.41) is 9.19. The predicted octanol–water partition coefficient (Wildman–Crippen LogP) is 3.32. The number of halogens is 3. The molecule has 2 rings (SSSR count). The summed E-state index contributed by atoms with van der Waals surface area (Å²) in [6.07, 6.45) is 0. The van der Waals surface area contributed by atoms with Crippen LogP contribution in [-0.4, -0.2) is 19.4 Å². The first kappa shape index (κ1) is 18.2. The van der Waals surface area contributed by atoms with Crippen molar-refractivity contribution in [3.8, 4) is 5.75 Å². The molecule has 0 fully saturated rings. The highest BCUT2D eigenvalue weighted by atomic mass is 127. The second-order valence-corrected chi connectivity index (χ2v) is 9.35. The predicted molar refractivity (Wildman–Crippen MR) is 107 cm³/mol. The highest BCUT2D eigenvalue weighted by molar-refractivity contribution is 14.1. The Balaban J connectivity index is 2.34. The fraction of sp³-hybridized carbons (Fsp3) is 0. The largest absolute Gasteiger partial charge is 0.508 e. The molecule has 2 aromatic rings. The van der Waals surface area contributed by atoms with Gasteiger partial charge in [-0.3, -0.25) is 4.79 Å². The molecule has 116 valence electrons. The van der Waals surface area contributed by atoms with Crippen LogP contribution < -0.4 is 4.72 Å². The number of amides is 1. The maximum atomic E-state index is 12.3. The average Bonchev–Trinajstić information content (AvgIpc) is 2.42. The molecule has 0 aliphatic heterocycles. The molecule has 2 aromatic carbocycles. The Kier molecular flexibility index (Phi) is 5.93. The topological polar surface area (TPSA) is 83.5 Å². The smallest absolute Gasteiger partial charge is 0.266 e. The van der Waals surface area contributed by atoms with E-state index in [1.165, 1.54) is 24.3 Å². The third-order valence-corrected chi connectivity index (χ3v) is 7.63. The fourth-order valence-electron chi connectivity index (χ4n) is 1.58. The maximum Gasteiger partial charge on any atom is 0.266 e. The molecule has 0 aliphatic carbocycles. The minimum Gasteiger partial charge on any atom is -0.508 e. The molecule has 2 N–H and O–H groups in total. The Morgan fingerprint density at radius 2 is 1.64 bits per heavy atom. The van der Waals surface area contributed by atoms with Gasteiger partial charge in [0.05, 0.1) is 10.5 Å². The third-order valence-electron chi connectivity index (χ3n) is 2.61. The molecule has 22 heavy (non-hydrogen) atoms. The van der Waals surface area contributed by atoms with E-state index in [0.717, 1.165) is 7.14 Å². The van der Waals surface area contributed by atoms with E-state index in [0.29, 0.717) is 9.13 Å². The lowest BCUT2D eigenvalue weighted by molar-refractivity contribution is 0.0980. The number of hydrogen-bond donors (Lipinski definition) is 2. The lowest BCUT2D eigenvalue weighted by Crippen LogP contribution is -2.31. The lowest BCUT2D eigenvalue weighted by atomic mass is 10.2. The van der Waals surface area contributed by atoms with Crippen molar-refractivity contribution in [2.24, 2.45) is 0 Å². The molecule has 0 spiro atoms. The number of phenolic OH excluding ortho intramolecular Hbond substituents is 1. The molecule has 0 saturated heterocycles. The summed E-state index contributed by atoms with van der Waals surface area (Å²) in [7, 11) is -3.99. The van der Waals surface area contributed by atoms with Crippen LogP contribution in [0.2, 0.25) is 0 Å². The van der Waals surface area contributed by atoms with E-state index in [4.69, 9.17) is 0 Å². The summed E-state index contributed by atoms with van der Waals surface area (Å²) in [6, 6.07) is 8.48. The minimum atomic E-state index is -3.99. The Bertz CT molecular complexity index is 835. The Morgan fingerprint density at radius 3 is 2.23 bits per heavy atom. The maximum absolute atomic E-state index is 12.3. The molecule has 0 aliphatic rings. The van der Waals surface area contributed by atoms with Crippen LogP contribution in [0.1, 0.15) is 10.4 Å². The van der Waals surface area contributed by atoms with Gasteiger partial charge in [-0.25, -0.2) is 13.1 Å². The van der Waals surface area contributed by atoms with Crippen molar-refractivity contribution in [2.75, 3.05) is 0 Å². The number of hydrogen-bond acceptors (Lipinski definition) is 4. The number of rotatable bonds is 3. The van der Waals surface area contributed by atoms with Gasteiger partial charge in [-0.15, -0.1) is 0 Å². The molecule has 0 saturated carbocycles. The van der Waals surface area contributed by atoms with Gasteiger partial charge in [-0.1, -0.05) is 0 Å². The molecule has 5 nitrogen and oxygen atoms in total. The summed E-state index contributed by atoms with van der Waals surface area (Å²) >= 11 is 6.17. The zero-order chi connectivity index (χ0) is 16.5.